The van der Waals surface area contributed by atoms with Gasteiger partial charge in [0.05, 0.1) is 0 Å². The first-order valence-corrected chi connectivity index (χ1v) is 4.33. The topological polar surface area (TPSA) is 27.8 Å². The lowest BCUT2D eigenvalue weighted by Gasteiger charge is -2.24. The van der Waals surface area contributed by atoms with Gasteiger partial charge in [0.2, 0.25) is 0 Å². The van der Waals surface area contributed by atoms with E-state index in [1.807, 2.05) is 7.05 Å². The molecule has 0 fully saturated rings. The van der Waals surface area contributed by atoms with E-state index in [1.54, 1.807) is 0 Å². The molecule has 0 amide bonds. The fraction of sp³-hybridized carbons (Fsp3) is 0.600. The molecule has 0 aromatic carbocycles. The van der Waals surface area contributed by atoms with E-state index < -0.39 is 0 Å². The first-order chi connectivity index (χ1) is 5.47. The van der Waals surface area contributed by atoms with E-state index in [0.717, 1.165) is 0 Å². The summed E-state index contributed by atoms with van der Waals surface area (Å²) in [5.41, 5.74) is 3.90. The minimum absolute atomic E-state index is 0.0643. The number of aromatic nitrogens is 1. The Hall–Kier alpha value is -0.760. The Bertz CT molecular complexity index is 271. The van der Waals surface area contributed by atoms with Gasteiger partial charge in [-0.05, 0) is 46.4 Å². The van der Waals surface area contributed by atoms with E-state index in [1.165, 1.54) is 17.0 Å². The molecule has 1 heterocycles. The van der Waals surface area contributed by atoms with Crippen molar-refractivity contribution in [2.24, 2.45) is 0 Å². The van der Waals surface area contributed by atoms with Crippen LogP contribution in [0.15, 0.2) is 6.07 Å². The molecule has 0 saturated carbocycles. The highest BCUT2D eigenvalue weighted by Gasteiger charge is 2.20. The minimum atomic E-state index is 0.0643. The van der Waals surface area contributed by atoms with Crippen LogP contribution in [0.1, 0.15) is 30.8 Å². The molecule has 0 aliphatic carbocycles. The molecule has 68 valence electrons. The summed E-state index contributed by atoms with van der Waals surface area (Å²) in [6.07, 6.45) is 0. The Labute approximate surface area is 74.4 Å². The van der Waals surface area contributed by atoms with Crippen molar-refractivity contribution in [3.8, 4) is 0 Å². The van der Waals surface area contributed by atoms with Crippen molar-refractivity contribution in [3.63, 3.8) is 0 Å². The zero-order valence-corrected chi connectivity index (χ0v) is 8.58. The predicted octanol–water partition coefficient (Wildman–Crippen LogP) is 2.09. The Kier molecular flexibility index (Phi) is 2.29. The van der Waals surface area contributed by atoms with Crippen LogP contribution in [-0.4, -0.2) is 12.0 Å². The average Bonchev–Trinajstić information content (AvgIpc) is 2.31. The fourth-order valence-corrected chi connectivity index (χ4v) is 1.51. The number of rotatable bonds is 2. The summed E-state index contributed by atoms with van der Waals surface area (Å²) in [5.74, 6) is 0. The van der Waals surface area contributed by atoms with Gasteiger partial charge in [-0.15, -0.1) is 0 Å². The Morgan fingerprint density at radius 2 is 1.92 bits per heavy atom. The van der Waals surface area contributed by atoms with Crippen LogP contribution >= 0.6 is 0 Å². The van der Waals surface area contributed by atoms with Crippen molar-refractivity contribution in [3.05, 3.63) is 23.0 Å². The van der Waals surface area contributed by atoms with Gasteiger partial charge >= 0.3 is 0 Å². The number of nitrogens with one attached hydrogen (secondary N) is 2. The van der Waals surface area contributed by atoms with Gasteiger partial charge in [0, 0.05) is 16.9 Å². The predicted molar refractivity (Wildman–Crippen MR) is 52.4 cm³/mol. The zero-order chi connectivity index (χ0) is 9.35. The highest BCUT2D eigenvalue weighted by atomic mass is 14.9. The second kappa shape index (κ2) is 2.94. The van der Waals surface area contributed by atoms with Crippen molar-refractivity contribution in [1.82, 2.24) is 10.3 Å². The molecule has 2 heteroatoms. The molecular weight excluding hydrogens is 148 g/mol. The van der Waals surface area contributed by atoms with Crippen LogP contribution in [-0.2, 0) is 5.54 Å². The van der Waals surface area contributed by atoms with Gasteiger partial charge in [-0.2, -0.15) is 0 Å². The number of aromatic amines is 1. The van der Waals surface area contributed by atoms with Crippen molar-refractivity contribution < 1.29 is 0 Å². The molecule has 12 heavy (non-hydrogen) atoms. The second-order valence-electron chi connectivity index (χ2n) is 3.87. The third-order valence-electron chi connectivity index (χ3n) is 2.45. The molecular formula is C10H18N2. The Morgan fingerprint density at radius 3 is 2.25 bits per heavy atom. The van der Waals surface area contributed by atoms with E-state index in [4.69, 9.17) is 0 Å². The van der Waals surface area contributed by atoms with Gasteiger partial charge < -0.3 is 10.3 Å². The van der Waals surface area contributed by atoms with Crippen molar-refractivity contribution in [1.29, 1.82) is 0 Å². The number of H-pyrrole nitrogens is 1. The number of aryl methyl sites for hydroxylation is 2. The molecule has 0 atom stereocenters. The van der Waals surface area contributed by atoms with Crippen LogP contribution < -0.4 is 5.32 Å². The summed E-state index contributed by atoms with van der Waals surface area (Å²) < 4.78 is 0. The SMILES string of the molecule is CNC(C)(C)c1cc(C)[nH]c1C. The summed E-state index contributed by atoms with van der Waals surface area (Å²) in [6.45, 7) is 8.56. The van der Waals surface area contributed by atoms with Gasteiger partial charge in [-0.3, -0.25) is 0 Å². The van der Waals surface area contributed by atoms with Crippen LogP contribution in [0.3, 0.4) is 0 Å². The molecule has 0 aliphatic rings. The van der Waals surface area contributed by atoms with Crippen molar-refractivity contribution in [2.75, 3.05) is 7.05 Å². The van der Waals surface area contributed by atoms with Gasteiger partial charge in [0.15, 0.2) is 0 Å². The summed E-state index contributed by atoms with van der Waals surface area (Å²) >= 11 is 0. The summed E-state index contributed by atoms with van der Waals surface area (Å²) in [7, 11) is 1.99. The van der Waals surface area contributed by atoms with E-state index in [2.05, 4.69) is 44.1 Å². The van der Waals surface area contributed by atoms with Gasteiger partial charge in [0.1, 0.15) is 0 Å². The molecule has 2 N–H and O–H groups in total. The third kappa shape index (κ3) is 1.53. The van der Waals surface area contributed by atoms with E-state index in [9.17, 15) is 0 Å². The Morgan fingerprint density at radius 1 is 1.33 bits per heavy atom. The van der Waals surface area contributed by atoms with E-state index in [0.29, 0.717) is 0 Å². The first-order valence-electron chi connectivity index (χ1n) is 4.33. The Balaban J connectivity index is 3.09. The lowest BCUT2D eigenvalue weighted by molar-refractivity contribution is 0.442. The van der Waals surface area contributed by atoms with Gasteiger partial charge in [0.25, 0.3) is 0 Å². The highest BCUT2D eigenvalue weighted by molar-refractivity contribution is 5.30. The normalized spacial score (nSPS) is 12.1. The molecule has 1 aromatic rings. The first kappa shape index (κ1) is 9.33. The molecule has 0 radical (unpaired) electrons. The van der Waals surface area contributed by atoms with Crippen molar-refractivity contribution >= 4 is 0 Å². The zero-order valence-electron chi connectivity index (χ0n) is 8.58. The van der Waals surface area contributed by atoms with Crippen LogP contribution in [0.2, 0.25) is 0 Å². The molecule has 1 aromatic heterocycles. The molecule has 0 aliphatic heterocycles. The molecule has 1 rings (SSSR count). The van der Waals surface area contributed by atoms with Crippen LogP contribution in [0.25, 0.3) is 0 Å². The molecule has 0 bridgehead atoms. The highest BCUT2D eigenvalue weighted by Crippen LogP contribution is 2.23. The quantitative estimate of drug-likeness (QED) is 0.691. The van der Waals surface area contributed by atoms with Crippen molar-refractivity contribution in [2.45, 2.75) is 33.2 Å². The molecule has 0 saturated heterocycles. The smallest absolute Gasteiger partial charge is 0.0392 e. The number of hydrogen-bond acceptors (Lipinski definition) is 1. The van der Waals surface area contributed by atoms with Crippen LogP contribution in [0.4, 0.5) is 0 Å². The largest absolute Gasteiger partial charge is 0.362 e. The molecule has 0 spiro atoms. The average molecular weight is 166 g/mol. The van der Waals surface area contributed by atoms with Gasteiger partial charge in [-0.25, -0.2) is 0 Å². The fourth-order valence-electron chi connectivity index (χ4n) is 1.51. The molecule has 0 unspecified atom stereocenters. The summed E-state index contributed by atoms with van der Waals surface area (Å²) in [6, 6.07) is 2.20. The lowest BCUT2D eigenvalue weighted by Crippen LogP contribution is -2.33. The van der Waals surface area contributed by atoms with Crippen LogP contribution in [0, 0.1) is 13.8 Å². The minimum Gasteiger partial charge on any atom is -0.362 e. The maximum absolute atomic E-state index is 3.31. The monoisotopic (exact) mass is 166 g/mol. The van der Waals surface area contributed by atoms with E-state index in [-0.39, 0.29) is 5.54 Å². The maximum atomic E-state index is 3.31. The lowest BCUT2D eigenvalue weighted by atomic mass is 9.95. The second-order valence-corrected chi connectivity index (χ2v) is 3.87. The maximum Gasteiger partial charge on any atom is 0.0392 e. The van der Waals surface area contributed by atoms with Gasteiger partial charge in [-0.1, -0.05) is 0 Å². The number of hydrogen-bond donors (Lipinski definition) is 2. The summed E-state index contributed by atoms with van der Waals surface area (Å²) in [4.78, 5) is 3.31. The standard InChI is InChI=1S/C10H18N2/c1-7-6-9(8(2)12-7)10(3,4)11-5/h6,11-12H,1-5H3. The third-order valence-corrected chi connectivity index (χ3v) is 2.45. The summed E-state index contributed by atoms with van der Waals surface area (Å²) in [5, 5.41) is 3.29. The molecule has 2 nitrogen and oxygen atoms in total. The van der Waals surface area contributed by atoms with Crippen LogP contribution in [0.5, 0.6) is 0 Å². The van der Waals surface area contributed by atoms with E-state index >= 15 is 0 Å².